The largest absolute Gasteiger partial charge is 0.353 e. The molecule has 0 spiro atoms. The van der Waals surface area contributed by atoms with E-state index in [1.165, 1.54) is 21.7 Å². The summed E-state index contributed by atoms with van der Waals surface area (Å²) in [5.41, 5.74) is 3.32. The van der Waals surface area contributed by atoms with Crippen LogP contribution in [0.3, 0.4) is 0 Å². The average molecular weight is 432 g/mol. The van der Waals surface area contributed by atoms with Crippen molar-refractivity contribution < 1.29 is 0 Å². The minimum absolute atomic E-state index is 0.788. The van der Waals surface area contributed by atoms with E-state index in [0.717, 1.165) is 55.4 Å². The number of para-hydroxylation sites is 1. The molecule has 1 aliphatic heterocycles. The summed E-state index contributed by atoms with van der Waals surface area (Å²) in [5.74, 6) is 2.02. The van der Waals surface area contributed by atoms with Gasteiger partial charge in [-0.2, -0.15) is 5.10 Å². The lowest BCUT2D eigenvalue weighted by molar-refractivity contribution is 0.640. The highest BCUT2D eigenvalue weighted by atomic mass is 15.3. The maximum Gasteiger partial charge on any atom is 0.159 e. The first kappa shape index (κ1) is 19.7. The first-order valence-corrected chi connectivity index (χ1v) is 11.5. The zero-order chi connectivity index (χ0) is 22.0. The highest BCUT2D eigenvalue weighted by molar-refractivity contribution is 5.93. The molecule has 5 aromatic rings. The van der Waals surface area contributed by atoms with Crippen LogP contribution in [-0.4, -0.2) is 41.4 Å². The number of aromatic nitrogens is 3. The first-order valence-electron chi connectivity index (χ1n) is 11.5. The van der Waals surface area contributed by atoms with Gasteiger partial charge in [0.05, 0.1) is 11.2 Å². The van der Waals surface area contributed by atoms with Crippen LogP contribution in [0.15, 0.2) is 91.0 Å². The van der Waals surface area contributed by atoms with Crippen LogP contribution in [0, 0.1) is 0 Å². The molecule has 3 heterocycles. The van der Waals surface area contributed by atoms with Gasteiger partial charge in [-0.3, -0.25) is 0 Å². The molecule has 1 saturated heterocycles. The van der Waals surface area contributed by atoms with Crippen LogP contribution >= 0.6 is 0 Å². The van der Waals surface area contributed by atoms with Crippen molar-refractivity contribution in [1.82, 2.24) is 15.2 Å². The quantitative estimate of drug-likeness (QED) is 0.396. The summed E-state index contributed by atoms with van der Waals surface area (Å²) in [6.45, 7) is 3.61. The molecular formula is C28H25N5. The Morgan fingerprint density at radius 2 is 1.30 bits per heavy atom. The van der Waals surface area contributed by atoms with Crippen molar-refractivity contribution in [3.63, 3.8) is 0 Å². The molecule has 0 bridgehead atoms. The second-order valence-electron chi connectivity index (χ2n) is 8.51. The minimum Gasteiger partial charge on any atom is -0.353 e. The Labute approximate surface area is 193 Å². The van der Waals surface area contributed by atoms with E-state index in [2.05, 4.69) is 93.8 Å². The van der Waals surface area contributed by atoms with Crippen LogP contribution < -0.4 is 9.80 Å². The summed E-state index contributed by atoms with van der Waals surface area (Å²) < 4.78 is 0. The van der Waals surface area contributed by atoms with Crippen molar-refractivity contribution >= 4 is 33.3 Å². The molecule has 0 N–H and O–H groups in total. The van der Waals surface area contributed by atoms with Crippen molar-refractivity contribution in [2.75, 3.05) is 36.0 Å². The third-order valence-corrected chi connectivity index (χ3v) is 6.45. The Balaban J connectivity index is 1.24. The summed E-state index contributed by atoms with van der Waals surface area (Å²) in [4.78, 5) is 9.60. The van der Waals surface area contributed by atoms with Crippen molar-refractivity contribution in [1.29, 1.82) is 0 Å². The third-order valence-electron chi connectivity index (χ3n) is 6.45. The number of anilines is 2. The molecule has 5 nitrogen and oxygen atoms in total. The molecule has 0 amide bonds. The number of pyridine rings is 1. The van der Waals surface area contributed by atoms with Gasteiger partial charge >= 0.3 is 0 Å². The van der Waals surface area contributed by atoms with E-state index < -0.39 is 0 Å². The predicted molar refractivity (Wildman–Crippen MR) is 135 cm³/mol. The van der Waals surface area contributed by atoms with Gasteiger partial charge in [0.25, 0.3) is 0 Å². The fourth-order valence-corrected chi connectivity index (χ4v) is 4.68. The number of hydrogen-bond donors (Lipinski definition) is 0. The monoisotopic (exact) mass is 431 g/mol. The number of hydrogen-bond acceptors (Lipinski definition) is 5. The van der Waals surface area contributed by atoms with Gasteiger partial charge in [-0.15, -0.1) is 5.10 Å². The molecular weight excluding hydrogens is 406 g/mol. The summed E-state index contributed by atoms with van der Waals surface area (Å²) >= 11 is 0. The fourth-order valence-electron chi connectivity index (χ4n) is 4.68. The molecule has 2 aromatic heterocycles. The SMILES string of the molecule is c1ccc(Cc2nnc(N3CCN(c4ccc5ccccc5n4)CC3)c3ccccc23)cc1. The number of rotatable bonds is 4. The third kappa shape index (κ3) is 3.87. The fraction of sp³-hybridized carbons (Fsp3) is 0.179. The number of fused-ring (bicyclic) bond motifs is 2. The molecule has 0 saturated carbocycles. The lowest BCUT2D eigenvalue weighted by Gasteiger charge is -2.36. The van der Waals surface area contributed by atoms with Crippen LogP contribution in [0.5, 0.6) is 0 Å². The van der Waals surface area contributed by atoms with Gasteiger partial charge in [0.1, 0.15) is 5.82 Å². The average Bonchev–Trinajstić information content (AvgIpc) is 2.89. The molecule has 6 rings (SSSR count). The van der Waals surface area contributed by atoms with Crippen molar-refractivity contribution in [3.05, 3.63) is 102 Å². The van der Waals surface area contributed by atoms with Crippen molar-refractivity contribution in [3.8, 4) is 0 Å². The van der Waals surface area contributed by atoms with Gasteiger partial charge in [0, 0.05) is 48.8 Å². The topological polar surface area (TPSA) is 45.2 Å². The van der Waals surface area contributed by atoms with Crippen LogP contribution in [-0.2, 0) is 6.42 Å². The standard InChI is InChI=1S/C28H25N5/c1-2-8-21(9-3-1)20-26-23-11-5-6-12-24(23)28(31-30-26)33-18-16-32(17-19-33)27-15-14-22-10-4-7-13-25(22)29-27/h1-15H,16-20H2. The van der Waals surface area contributed by atoms with E-state index >= 15 is 0 Å². The summed E-state index contributed by atoms with van der Waals surface area (Å²) in [7, 11) is 0. The summed E-state index contributed by atoms with van der Waals surface area (Å²) in [6.07, 6.45) is 0.788. The van der Waals surface area contributed by atoms with E-state index in [-0.39, 0.29) is 0 Å². The van der Waals surface area contributed by atoms with Gasteiger partial charge in [-0.25, -0.2) is 4.98 Å². The van der Waals surface area contributed by atoms with E-state index in [4.69, 9.17) is 10.1 Å². The number of benzene rings is 3. The van der Waals surface area contributed by atoms with Gasteiger partial charge in [-0.1, -0.05) is 72.8 Å². The lowest BCUT2D eigenvalue weighted by atomic mass is 10.0. The summed E-state index contributed by atoms with van der Waals surface area (Å²) in [6, 6.07) is 31.6. The van der Waals surface area contributed by atoms with Gasteiger partial charge < -0.3 is 9.80 Å². The van der Waals surface area contributed by atoms with Crippen LogP contribution in [0.1, 0.15) is 11.3 Å². The summed E-state index contributed by atoms with van der Waals surface area (Å²) in [5, 5.41) is 12.9. The maximum atomic E-state index is 4.88. The molecule has 0 atom stereocenters. The lowest BCUT2D eigenvalue weighted by Crippen LogP contribution is -2.47. The van der Waals surface area contributed by atoms with Crippen molar-refractivity contribution in [2.45, 2.75) is 6.42 Å². The Morgan fingerprint density at radius 3 is 2.15 bits per heavy atom. The highest BCUT2D eigenvalue weighted by Gasteiger charge is 2.22. The Morgan fingerprint density at radius 1 is 0.606 bits per heavy atom. The second-order valence-corrected chi connectivity index (χ2v) is 8.51. The van der Waals surface area contributed by atoms with E-state index in [1.807, 2.05) is 12.1 Å². The normalized spacial score (nSPS) is 14.2. The Bertz CT molecular complexity index is 1410. The molecule has 3 aromatic carbocycles. The first-order chi connectivity index (χ1) is 16.3. The zero-order valence-corrected chi connectivity index (χ0v) is 18.4. The second kappa shape index (κ2) is 8.51. The Hall–Kier alpha value is -3.99. The molecule has 1 aliphatic rings. The van der Waals surface area contributed by atoms with E-state index in [0.29, 0.717) is 0 Å². The minimum atomic E-state index is 0.788. The Kier molecular flexibility index (Phi) is 5.07. The maximum absolute atomic E-state index is 4.88. The number of nitrogens with zero attached hydrogens (tertiary/aromatic N) is 5. The van der Waals surface area contributed by atoms with E-state index in [1.54, 1.807) is 0 Å². The molecule has 0 radical (unpaired) electrons. The molecule has 0 aliphatic carbocycles. The van der Waals surface area contributed by atoms with Gasteiger partial charge in [-0.05, 0) is 23.8 Å². The number of piperazine rings is 1. The van der Waals surface area contributed by atoms with Gasteiger partial charge in [0.2, 0.25) is 0 Å². The molecule has 162 valence electrons. The van der Waals surface area contributed by atoms with Crippen LogP contribution in [0.25, 0.3) is 21.7 Å². The molecule has 33 heavy (non-hydrogen) atoms. The smallest absolute Gasteiger partial charge is 0.159 e. The van der Waals surface area contributed by atoms with Crippen molar-refractivity contribution in [2.24, 2.45) is 0 Å². The molecule has 5 heteroatoms. The zero-order valence-electron chi connectivity index (χ0n) is 18.4. The van der Waals surface area contributed by atoms with Gasteiger partial charge in [0.15, 0.2) is 5.82 Å². The van der Waals surface area contributed by atoms with Crippen LogP contribution in [0.4, 0.5) is 11.6 Å². The molecule has 1 fully saturated rings. The predicted octanol–water partition coefficient (Wildman–Crippen LogP) is 5.10. The highest BCUT2D eigenvalue weighted by Crippen LogP contribution is 2.28. The van der Waals surface area contributed by atoms with E-state index in [9.17, 15) is 0 Å². The van der Waals surface area contributed by atoms with Crippen LogP contribution in [0.2, 0.25) is 0 Å². The molecule has 0 unspecified atom stereocenters.